The summed E-state index contributed by atoms with van der Waals surface area (Å²) in [5.41, 5.74) is 5.44. The van der Waals surface area contributed by atoms with Crippen molar-refractivity contribution in [2.75, 3.05) is 5.75 Å². The molecular weight excluding hydrogens is 620 g/mol. The summed E-state index contributed by atoms with van der Waals surface area (Å²) in [4.78, 5) is 39.5. The first kappa shape index (κ1) is 33.8. The zero-order chi connectivity index (χ0) is 33.3. The van der Waals surface area contributed by atoms with Gasteiger partial charge in [0.05, 0.1) is 24.4 Å². The predicted molar refractivity (Wildman–Crippen MR) is 175 cm³/mol. The van der Waals surface area contributed by atoms with E-state index in [2.05, 4.69) is 10.3 Å². The predicted octanol–water partition coefficient (Wildman–Crippen LogP) is 5.84. The van der Waals surface area contributed by atoms with Gasteiger partial charge in [-0.25, -0.2) is 9.78 Å². The molecule has 3 N–H and O–H groups in total. The van der Waals surface area contributed by atoms with Gasteiger partial charge in [-0.05, 0) is 59.0 Å². The molecule has 1 aromatic heterocycles. The van der Waals surface area contributed by atoms with Crippen LogP contribution in [0.2, 0.25) is 0 Å². The van der Waals surface area contributed by atoms with Crippen LogP contribution in [-0.4, -0.2) is 51.0 Å². The number of pyridine rings is 1. The number of aliphatic hydroxyl groups is 1. The van der Waals surface area contributed by atoms with Gasteiger partial charge in [0.25, 0.3) is 5.91 Å². The highest BCUT2D eigenvalue weighted by atomic mass is 32.2. The molecule has 1 aliphatic heterocycles. The number of hydrogen-bond acceptors (Lipinski definition) is 9. The van der Waals surface area contributed by atoms with E-state index in [1.165, 1.54) is 31.7 Å². The van der Waals surface area contributed by atoms with Gasteiger partial charge in [0.2, 0.25) is 0 Å². The number of esters is 1. The molecule has 0 spiro atoms. The van der Waals surface area contributed by atoms with Crippen molar-refractivity contribution < 1.29 is 38.8 Å². The van der Waals surface area contributed by atoms with E-state index in [0.29, 0.717) is 17.2 Å². The van der Waals surface area contributed by atoms with Crippen LogP contribution in [0, 0.1) is 0 Å². The van der Waals surface area contributed by atoms with E-state index in [0.717, 1.165) is 33.4 Å². The number of carboxylic acids is 1. The summed E-state index contributed by atoms with van der Waals surface area (Å²) in [5.74, 6) is -1.47. The normalized spacial score (nSPS) is 18.2. The molecule has 1 fully saturated rings. The van der Waals surface area contributed by atoms with Crippen LogP contribution in [0.3, 0.4) is 0 Å². The number of hydrogen-bond donors (Lipinski definition) is 3. The number of rotatable bonds is 12. The standard InChI is InChI=1S/C36H36N2O8S/c1-22(44-23(2)40)33(41)38-19-25-6-3-7-27(16-25)28-8-4-9-29(17-28)36-45-30(21-47-34-31(35(42)43)10-5-15-37-34)18-32(46-36)26-13-11-24(20-39)12-14-26/h3-17,22,30,32,36,39H,18-21H2,1-2H3,(H,38,41)(H,42,43). The number of carboxylic acid groups (broad SMARTS) is 1. The number of carbonyl (C=O) groups is 3. The number of carbonyl (C=O) groups excluding carboxylic acids is 2. The monoisotopic (exact) mass is 656 g/mol. The van der Waals surface area contributed by atoms with E-state index in [1.54, 1.807) is 12.3 Å². The zero-order valence-corrected chi connectivity index (χ0v) is 26.8. The number of ether oxygens (including phenoxy) is 3. The maximum atomic E-state index is 12.3. The first-order valence-electron chi connectivity index (χ1n) is 15.2. The number of amides is 1. The van der Waals surface area contributed by atoms with Gasteiger partial charge < -0.3 is 29.7 Å². The lowest BCUT2D eigenvalue weighted by atomic mass is 9.99. The molecule has 47 heavy (non-hydrogen) atoms. The second kappa shape index (κ2) is 15.8. The molecule has 0 saturated carbocycles. The van der Waals surface area contributed by atoms with Crippen LogP contribution in [0.25, 0.3) is 11.1 Å². The quantitative estimate of drug-likeness (QED) is 0.126. The van der Waals surface area contributed by atoms with E-state index >= 15 is 0 Å². The molecule has 2 heterocycles. The average molecular weight is 657 g/mol. The molecule has 1 saturated heterocycles. The van der Waals surface area contributed by atoms with Crippen molar-refractivity contribution in [1.29, 1.82) is 0 Å². The van der Waals surface area contributed by atoms with Gasteiger partial charge in [0.15, 0.2) is 12.4 Å². The molecule has 5 rings (SSSR count). The smallest absolute Gasteiger partial charge is 0.338 e. The molecule has 1 amide bonds. The summed E-state index contributed by atoms with van der Waals surface area (Å²) in [7, 11) is 0. The molecule has 4 atom stereocenters. The maximum Gasteiger partial charge on any atom is 0.338 e. The molecule has 0 radical (unpaired) electrons. The second-order valence-electron chi connectivity index (χ2n) is 11.1. The number of aliphatic hydroxyl groups excluding tert-OH is 1. The SMILES string of the molecule is CC(=O)OC(C)C(=O)NCc1cccc(-c2cccc(C3OC(CSc4ncccc4C(=O)O)CC(c4ccc(CO)cc4)O3)c2)c1. The van der Waals surface area contributed by atoms with Crippen molar-refractivity contribution in [3.63, 3.8) is 0 Å². The molecule has 4 unspecified atom stereocenters. The van der Waals surface area contributed by atoms with Crippen LogP contribution in [0.15, 0.2) is 96.2 Å². The Morgan fingerprint density at radius 2 is 1.70 bits per heavy atom. The van der Waals surface area contributed by atoms with Gasteiger partial charge >= 0.3 is 11.9 Å². The third kappa shape index (κ3) is 9.05. The van der Waals surface area contributed by atoms with Gasteiger partial charge in [0, 0.05) is 37.4 Å². The summed E-state index contributed by atoms with van der Waals surface area (Å²) in [6, 6.07) is 26.4. The molecule has 244 valence electrons. The van der Waals surface area contributed by atoms with Gasteiger partial charge in [-0.2, -0.15) is 0 Å². The molecule has 0 bridgehead atoms. The fraction of sp³-hybridized carbons (Fsp3) is 0.278. The molecule has 3 aromatic carbocycles. The van der Waals surface area contributed by atoms with Crippen molar-refractivity contribution in [2.24, 2.45) is 0 Å². The highest BCUT2D eigenvalue weighted by Gasteiger charge is 2.33. The minimum atomic E-state index is -1.03. The van der Waals surface area contributed by atoms with E-state index in [-0.39, 0.29) is 36.8 Å². The highest BCUT2D eigenvalue weighted by Crippen LogP contribution is 2.40. The van der Waals surface area contributed by atoms with Crippen molar-refractivity contribution in [1.82, 2.24) is 10.3 Å². The average Bonchev–Trinajstić information content (AvgIpc) is 3.09. The first-order valence-corrected chi connectivity index (χ1v) is 16.1. The molecule has 11 heteroatoms. The van der Waals surface area contributed by atoms with Crippen molar-refractivity contribution in [3.8, 4) is 11.1 Å². The van der Waals surface area contributed by atoms with Gasteiger partial charge in [-0.15, -0.1) is 11.8 Å². The second-order valence-corrected chi connectivity index (χ2v) is 12.1. The van der Waals surface area contributed by atoms with E-state index in [9.17, 15) is 24.6 Å². The third-order valence-corrected chi connectivity index (χ3v) is 8.76. The third-order valence-electron chi connectivity index (χ3n) is 7.62. The number of aromatic carboxylic acids is 1. The van der Waals surface area contributed by atoms with E-state index in [4.69, 9.17) is 14.2 Å². The van der Waals surface area contributed by atoms with Crippen molar-refractivity contribution >= 4 is 29.6 Å². The molecule has 1 aliphatic rings. The van der Waals surface area contributed by atoms with Crippen LogP contribution in [0.4, 0.5) is 0 Å². The largest absolute Gasteiger partial charge is 0.478 e. The Labute approximate surface area is 277 Å². The van der Waals surface area contributed by atoms with E-state index in [1.807, 2.05) is 72.8 Å². The van der Waals surface area contributed by atoms with Crippen molar-refractivity contribution in [2.45, 2.75) is 63.0 Å². The van der Waals surface area contributed by atoms with Gasteiger partial charge in [-0.3, -0.25) is 9.59 Å². The molecule has 10 nitrogen and oxygen atoms in total. The lowest BCUT2D eigenvalue weighted by Crippen LogP contribution is -2.35. The fourth-order valence-electron chi connectivity index (χ4n) is 5.22. The number of nitrogens with zero attached hydrogens (tertiary/aromatic N) is 1. The van der Waals surface area contributed by atoms with Gasteiger partial charge in [-0.1, -0.05) is 60.7 Å². The Balaban J connectivity index is 1.35. The Kier molecular flexibility index (Phi) is 11.4. The van der Waals surface area contributed by atoms with Crippen LogP contribution < -0.4 is 5.32 Å². The first-order chi connectivity index (χ1) is 22.7. The Morgan fingerprint density at radius 1 is 0.957 bits per heavy atom. The van der Waals surface area contributed by atoms with Crippen LogP contribution in [0.1, 0.15) is 65.3 Å². The number of thioether (sulfide) groups is 1. The summed E-state index contributed by atoms with van der Waals surface area (Å²) in [6.07, 6.45) is -0.0591. The highest BCUT2D eigenvalue weighted by molar-refractivity contribution is 7.99. The number of benzene rings is 3. The van der Waals surface area contributed by atoms with E-state index < -0.39 is 24.3 Å². The lowest BCUT2D eigenvalue weighted by Gasteiger charge is -2.36. The van der Waals surface area contributed by atoms with Gasteiger partial charge in [0.1, 0.15) is 5.03 Å². The lowest BCUT2D eigenvalue weighted by molar-refractivity contribution is -0.245. The zero-order valence-electron chi connectivity index (χ0n) is 26.0. The minimum absolute atomic E-state index is 0.0550. The fourth-order valence-corrected chi connectivity index (χ4v) is 6.23. The summed E-state index contributed by atoms with van der Waals surface area (Å²) in [5, 5.41) is 22.4. The number of aromatic nitrogens is 1. The van der Waals surface area contributed by atoms with Crippen molar-refractivity contribution in [3.05, 3.63) is 119 Å². The summed E-state index contributed by atoms with van der Waals surface area (Å²) >= 11 is 1.34. The van der Waals surface area contributed by atoms with Crippen LogP contribution in [-0.2, 0) is 37.0 Å². The number of nitrogens with one attached hydrogen (secondary N) is 1. The van der Waals surface area contributed by atoms with Crippen LogP contribution >= 0.6 is 11.8 Å². The minimum Gasteiger partial charge on any atom is -0.478 e. The maximum absolute atomic E-state index is 12.3. The Hall–Kier alpha value is -4.55. The summed E-state index contributed by atoms with van der Waals surface area (Å²) < 4.78 is 18.0. The molecule has 4 aromatic rings. The molecular formula is C36H36N2O8S. The topological polar surface area (TPSA) is 144 Å². The molecule has 0 aliphatic carbocycles. The van der Waals surface area contributed by atoms with Crippen LogP contribution in [0.5, 0.6) is 0 Å². The Bertz CT molecular complexity index is 1710. The summed E-state index contributed by atoms with van der Waals surface area (Å²) in [6.45, 7) is 3.00. The Morgan fingerprint density at radius 3 is 2.43 bits per heavy atom.